The molecule has 0 radical (unpaired) electrons. The molecular formula is C19H19F. The lowest BCUT2D eigenvalue weighted by atomic mass is 9.94. The summed E-state index contributed by atoms with van der Waals surface area (Å²) in [5.74, 6) is 2.98. The van der Waals surface area contributed by atoms with Crippen LogP contribution in [0.4, 0.5) is 4.39 Å². The molecule has 1 unspecified atom stereocenters. The van der Waals surface area contributed by atoms with Crippen LogP contribution in [-0.2, 0) is 12.8 Å². The van der Waals surface area contributed by atoms with Crippen LogP contribution in [0.2, 0.25) is 0 Å². The monoisotopic (exact) mass is 266 g/mol. The van der Waals surface area contributed by atoms with Gasteiger partial charge in [0, 0.05) is 5.92 Å². The highest BCUT2D eigenvalue weighted by Gasteiger charge is 2.06. The Bertz CT molecular complexity index is 549. The van der Waals surface area contributed by atoms with Gasteiger partial charge >= 0.3 is 0 Å². The predicted molar refractivity (Wildman–Crippen MR) is 81.8 cm³/mol. The zero-order valence-electron chi connectivity index (χ0n) is 11.6. The van der Waals surface area contributed by atoms with Gasteiger partial charge in [0.2, 0.25) is 0 Å². The normalized spacial score (nSPS) is 11.8. The first-order chi connectivity index (χ1) is 9.78. The first kappa shape index (κ1) is 14.3. The molecule has 0 saturated heterocycles. The Morgan fingerprint density at radius 3 is 2.30 bits per heavy atom. The number of rotatable bonds is 6. The van der Waals surface area contributed by atoms with Gasteiger partial charge in [-0.15, -0.1) is 12.3 Å². The van der Waals surface area contributed by atoms with Gasteiger partial charge in [-0.05, 0) is 48.9 Å². The van der Waals surface area contributed by atoms with Gasteiger partial charge < -0.3 is 0 Å². The molecule has 0 saturated carbocycles. The average molecular weight is 266 g/mol. The summed E-state index contributed by atoms with van der Waals surface area (Å²) < 4.78 is 12.8. The Morgan fingerprint density at radius 1 is 0.950 bits per heavy atom. The summed E-state index contributed by atoms with van der Waals surface area (Å²) in [5.41, 5.74) is 2.46. The van der Waals surface area contributed by atoms with E-state index in [1.807, 2.05) is 30.3 Å². The summed E-state index contributed by atoms with van der Waals surface area (Å²) >= 11 is 0. The molecule has 1 atom stereocenters. The molecule has 20 heavy (non-hydrogen) atoms. The molecule has 2 rings (SSSR count). The fraction of sp³-hybridized carbons (Fsp3) is 0.263. The molecule has 0 aromatic heterocycles. The van der Waals surface area contributed by atoms with E-state index >= 15 is 0 Å². The van der Waals surface area contributed by atoms with E-state index in [-0.39, 0.29) is 11.7 Å². The summed E-state index contributed by atoms with van der Waals surface area (Å²) in [6.07, 6.45) is 9.54. The minimum absolute atomic E-state index is 0.181. The Morgan fingerprint density at radius 2 is 1.65 bits per heavy atom. The quantitative estimate of drug-likeness (QED) is 0.668. The molecule has 2 aromatic rings. The number of halogens is 1. The van der Waals surface area contributed by atoms with Crippen LogP contribution in [0.25, 0.3) is 0 Å². The molecule has 0 spiro atoms. The Balaban J connectivity index is 1.80. The molecule has 1 heteroatoms. The smallest absolute Gasteiger partial charge is 0.123 e. The number of hydrogen-bond donors (Lipinski definition) is 0. The number of hydrogen-bond acceptors (Lipinski definition) is 0. The van der Waals surface area contributed by atoms with Gasteiger partial charge in [-0.25, -0.2) is 4.39 Å². The summed E-state index contributed by atoms with van der Waals surface area (Å²) in [6.45, 7) is 0. The molecule has 0 nitrogen and oxygen atoms in total. The van der Waals surface area contributed by atoms with Crippen molar-refractivity contribution in [1.29, 1.82) is 0 Å². The Kier molecular flexibility index (Phi) is 5.38. The zero-order chi connectivity index (χ0) is 14.2. The predicted octanol–water partition coefficient (Wildman–Crippen LogP) is 4.64. The second-order valence-electron chi connectivity index (χ2n) is 5.07. The third-order valence-corrected chi connectivity index (χ3v) is 3.49. The highest BCUT2D eigenvalue weighted by molar-refractivity contribution is 5.18. The van der Waals surface area contributed by atoms with Gasteiger partial charge in [0.15, 0.2) is 0 Å². The SMILES string of the molecule is C#CC(CCCc1ccc(F)cc1)Cc1ccccc1. The van der Waals surface area contributed by atoms with E-state index in [2.05, 4.69) is 18.1 Å². The second kappa shape index (κ2) is 7.50. The van der Waals surface area contributed by atoms with E-state index in [0.717, 1.165) is 25.7 Å². The molecule has 0 amide bonds. The second-order valence-corrected chi connectivity index (χ2v) is 5.07. The largest absolute Gasteiger partial charge is 0.207 e. The highest BCUT2D eigenvalue weighted by Crippen LogP contribution is 2.15. The maximum Gasteiger partial charge on any atom is 0.123 e. The summed E-state index contributed by atoms with van der Waals surface area (Å²) in [6, 6.07) is 17.0. The van der Waals surface area contributed by atoms with Crippen molar-refractivity contribution in [2.24, 2.45) is 5.92 Å². The van der Waals surface area contributed by atoms with Crippen molar-refractivity contribution < 1.29 is 4.39 Å². The molecule has 0 aliphatic heterocycles. The molecule has 2 aromatic carbocycles. The van der Waals surface area contributed by atoms with E-state index < -0.39 is 0 Å². The highest BCUT2D eigenvalue weighted by atomic mass is 19.1. The Hall–Kier alpha value is -2.07. The van der Waals surface area contributed by atoms with E-state index in [1.165, 1.54) is 23.3 Å². The maximum atomic E-state index is 12.8. The third-order valence-electron chi connectivity index (χ3n) is 3.49. The molecular weight excluding hydrogens is 247 g/mol. The van der Waals surface area contributed by atoms with Crippen molar-refractivity contribution in [1.82, 2.24) is 0 Å². The summed E-state index contributed by atoms with van der Waals surface area (Å²) in [7, 11) is 0. The minimum atomic E-state index is -0.181. The van der Waals surface area contributed by atoms with Crippen LogP contribution in [0.1, 0.15) is 24.0 Å². The lowest BCUT2D eigenvalue weighted by molar-refractivity contribution is 0.574. The van der Waals surface area contributed by atoms with Gasteiger partial charge in [-0.1, -0.05) is 42.5 Å². The molecule has 0 heterocycles. The fourth-order valence-electron chi connectivity index (χ4n) is 2.35. The van der Waals surface area contributed by atoms with Crippen molar-refractivity contribution in [3.63, 3.8) is 0 Å². The number of terminal acetylenes is 1. The van der Waals surface area contributed by atoms with Crippen molar-refractivity contribution in [2.75, 3.05) is 0 Å². The molecule has 102 valence electrons. The lowest BCUT2D eigenvalue weighted by Gasteiger charge is -2.10. The standard InChI is InChI=1S/C19H19F/c1-2-16(15-18-7-4-3-5-8-18)9-6-10-17-11-13-19(20)14-12-17/h1,3-5,7-8,11-14,16H,6,9-10,15H2. The van der Waals surface area contributed by atoms with E-state index in [1.54, 1.807) is 0 Å². The molecule has 0 N–H and O–H groups in total. The van der Waals surface area contributed by atoms with Gasteiger partial charge in [0.1, 0.15) is 5.82 Å². The van der Waals surface area contributed by atoms with E-state index in [4.69, 9.17) is 6.42 Å². The van der Waals surface area contributed by atoms with Crippen LogP contribution >= 0.6 is 0 Å². The molecule has 0 bridgehead atoms. The van der Waals surface area contributed by atoms with Crippen molar-refractivity contribution in [3.8, 4) is 12.3 Å². The number of aryl methyl sites for hydroxylation is 1. The third kappa shape index (κ3) is 4.55. The first-order valence-corrected chi connectivity index (χ1v) is 7.02. The van der Waals surface area contributed by atoms with Crippen LogP contribution in [0.15, 0.2) is 54.6 Å². The zero-order valence-corrected chi connectivity index (χ0v) is 11.6. The molecule has 0 aliphatic rings. The maximum absolute atomic E-state index is 12.8. The fourth-order valence-corrected chi connectivity index (χ4v) is 2.35. The molecule has 0 aliphatic carbocycles. The average Bonchev–Trinajstić information content (AvgIpc) is 2.49. The van der Waals surface area contributed by atoms with Crippen molar-refractivity contribution in [3.05, 3.63) is 71.5 Å². The molecule has 0 fully saturated rings. The van der Waals surface area contributed by atoms with Crippen molar-refractivity contribution >= 4 is 0 Å². The van der Waals surface area contributed by atoms with Crippen LogP contribution in [0, 0.1) is 24.1 Å². The van der Waals surface area contributed by atoms with Crippen LogP contribution in [-0.4, -0.2) is 0 Å². The van der Waals surface area contributed by atoms with E-state index in [9.17, 15) is 4.39 Å². The number of benzene rings is 2. The van der Waals surface area contributed by atoms with Crippen molar-refractivity contribution in [2.45, 2.75) is 25.7 Å². The van der Waals surface area contributed by atoms with Gasteiger partial charge in [-0.3, -0.25) is 0 Å². The van der Waals surface area contributed by atoms with Crippen LogP contribution in [0.5, 0.6) is 0 Å². The topological polar surface area (TPSA) is 0 Å². The van der Waals surface area contributed by atoms with E-state index in [0.29, 0.717) is 0 Å². The summed E-state index contributed by atoms with van der Waals surface area (Å²) in [4.78, 5) is 0. The van der Waals surface area contributed by atoms with Gasteiger partial charge in [0.05, 0.1) is 0 Å². The lowest BCUT2D eigenvalue weighted by Crippen LogP contribution is -2.02. The Labute approximate surface area is 120 Å². The van der Waals surface area contributed by atoms with Crippen LogP contribution in [0.3, 0.4) is 0 Å². The van der Waals surface area contributed by atoms with Gasteiger partial charge in [0.25, 0.3) is 0 Å². The van der Waals surface area contributed by atoms with Crippen LogP contribution < -0.4 is 0 Å². The van der Waals surface area contributed by atoms with Gasteiger partial charge in [-0.2, -0.15) is 0 Å². The summed E-state index contributed by atoms with van der Waals surface area (Å²) in [5, 5.41) is 0. The minimum Gasteiger partial charge on any atom is -0.207 e. The first-order valence-electron chi connectivity index (χ1n) is 7.02.